The molecule has 90 valence electrons. The lowest BCUT2D eigenvalue weighted by atomic mass is 10.2. The third-order valence-electron chi connectivity index (χ3n) is 2.18. The van der Waals surface area contributed by atoms with Crippen LogP contribution in [0.25, 0.3) is 0 Å². The van der Waals surface area contributed by atoms with Crippen LogP contribution in [0.5, 0.6) is 5.75 Å². The minimum absolute atomic E-state index is 0.0290. The van der Waals surface area contributed by atoms with Crippen LogP contribution >= 0.6 is 0 Å². The number of phenolic OH excluding ortho intramolecular Hbond substituents is 1. The Morgan fingerprint density at radius 1 is 1.00 bits per heavy atom. The number of ether oxygens (including phenoxy) is 1. The molecule has 1 aromatic carbocycles. The number of carbonyl (C=O) groups excluding carboxylic acids is 2. The second kappa shape index (κ2) is 5.09. The molecular formula is C13H9NO4. The number of hydrogen-bond acceptors (Lipinski definition) is 5. The lowest BCUT2D eigenvalue weighted by molar-refractivity contribution is 0.0392. The summed E-state index contributed by atoms with van der Waals surface area (Å²) in [6.07, 6.45) is 1.42. The van der Waals surface area contributed by atoms with Crippen LogP contribution in [0.2, 0.25) is 0 Å². The largest absolute Gasteiger partial charge is 0.507 e. The molecule has 0 aliphatic rings. The zero-order valence-corrected chi connectivity index (χ0v) is 9.24. The van der Waals surface area contributed by atoms with Gasteiger partial charge in [0.15, 0.2) is 0 Å². The van der Waals surface area contributed by atoms with Crippen LogP contribution in [0, 0.1) is 0 Å². The van der Waals surface area contributed by atoms with Crippen molar-refractivity contribution in [1.29, 1.82) is 0 Å². The second-order valence-corrected chi connectivity index (χ2v) is 3.41. The highest BCUT2D eigenvalue weighted by Crippen LogP contribution is 2.17. The Bertz CT molecular complexity index is 581. The summed E-state index contributed by atoms with van der Waals surface area (Å²) < 4.78 is 4.60. The van der Waals surface area contributed by atoms with Gasteiger partial charge in [0.25, 0.3) is 0 Å². The summed E-state index contributed by atoms with van der Waals surface area (Å²) in [5.74, 6) is -2.01. The van der Waals surface area contributed by atoms with E-state index in [1.807, 2.05) is 0 Å². The molecule has 0 aliphatic carbocycles. The van der Waals surface area contributed by atoms with Crippen molar-refractivity contribution >= 4 is 11.9 Å². The predicted molar refractivity (Wildman–Crippen MR) is 62.1 cm³/mol. The number of nitrogens with zero attached hydrogens (tertiary/aromatic N) is 1. The van der Waals surface area contributed by atoms with Crippen molar-refractivity contribution in [3.8, 4) is 5.75 Å². The Balaban J connectivity index is 2.14. The number of para-hydroxylation sites is 1. The average molecular weight is 243 g/mol. The second-order valence-electron chi connectivity index (χ2n) is 3.41. The molecule has 5 heteroatoms. The Morgan fingerprint density at radius 2 is 1.72 bits per heavy atom. The van der Waals surface area contributed by atoms with Crippen LogP contribution in [-0.2, 0) is 4.74 Å². The maximum Gasteiger partial charge on any atom is 0.364 e. The maximum absolute atomic E-state index is 11.6. The number of pyridine rings is 1. The summed E-state index contributed by atoms with van der Waals surface area (Å²) in [6.45, 7) is 0. The first-order valence-electron chi connectivity index (χ1n) is 5.14. The van der Waals surface area contributed by atoms with Crippen molar-refractivity contribution in [2.75, 3.05) is 0 Å². The van der Waals surface area contributed by atoms with Crippen molar-refractivity contribution in [1.82, 2.24) is 4.98 Å². The molecule has 0 amide bonds. The smallest absolute Gasteiger partial charge is 0.364 e. The molecule has 18 heavy (non-hydrogen) atoms. The maximum atomic E-state index is 11.6. The first kappa shape index (κ1) is 11.8. The summed E-state index contributed by atoms with van der Waals surface area (Å²) in [4.78, 5) is 26.9. The van der Waals surface area contributed by atoms with Gasteiger partial charge >= 0.3 is 11.9 Å². The predicted octanol–water partition coefficient (Wildman–Crippen LogP) is 1.78. The van der Waals surface area contributed by atoms with Crippen LogP contribution in [-0.4, -0.2) is 22.0 Å². The number of benzene rings is 1. The van der Waals surface area contributed by atoms with Crippen LogP contribution in [0.3, 0.4) is 0 Å². The zero-order valence-electron chi connectivity index (χ0n) is 9.24. The molecular weight excluding hydrogens is 234 g/mol. The van der Waals surface area contributed by atoms with Crippen LogP contribution in [0.1, 0.15) is 20.8 Å². The van der Waals surface area contributed by atoms with E-state index >= 15 is 0 Å². The van der Waals surface area contributed by atoms with Gasteiger partial charge in [0, 0.05) is 6.20 Å². The molecule has 1 aromatic heterocycles. The average Bonchev–Trinajstić information content (AvgIpc) is 2.40. The Morgan fingerprint density at radius 3 is 2.39 bits per heavy atom. The highest BCUT2D eigenvalue weighted by Gasteiger charge is 2.17. The highest BCUT2D eigenvalue weighted by molar-refractivity contribution is 6.02. The summed E-state index contributed by atoms with van der Waals surface area (Å²) in [5.41, 5.74) is -0.0388. The van der Waals surface area contributed by atoms with Crippen LogP contribution in [0.15, 0.2) is 48.7 Å². The molecule has 0 saturated heterocycles. The number of aromatic nitrogens is 1. The van der Waals surface area contributed by atoms with Gasteiger partial charge in [0.1, 0.15) is 17.0 Å². The van der Waals surface area contributed by atoms with Gasteiger partial charge in [0.2, 0.25) is 0 Å². The Labute approximate surface area is 103 Å². The molecule has 1 N–H and O–H groups in total. The molecule has 2 rings (SSSR count). The van der Waals surface area contributed by atoms with Crippen molar-refractivity contribution in [2.24, 2.45) is 0 Å². The first-order chi connectivity index (χ1) is 8.68. The van der Waals surface area contributed by atoms with E-state index in [1.54, 1.807) is 24.3 Å². The van der Waals surface area contributed by atoms with Gasteiger partial charge in [-0.15, -0.1) is 0 Å². The summed E-state index contributed by atoms with van der Waals surface area (Å²) in [6, 6.07) is 10.5. The molecule has 0 spiro atoms. The molecule has 0 atom stereocenters. The van der Waals surface area contributed by atoms with E-state index in [1.165, 1.54) is 24.4 Å². The lowest BCUT2D eigenvalue weighted by Crippen LogP contribution is -2.14. The molecule has 0 unspecified atom stereocenters. The number of hydrogen-bond donors (Lipinski definition) is 1. The van der Waals surface area contributed by atoms with Crippen molar-refractivity contribution < 1.29 is 19.4 Å². The van der Waals surface area contributed by atoms with Gasteiger partial charge in [-0.25, -0.2) is 14.6 Å². The van der Waals surface area contributed by atoms with Crippen molar-refractivity contribution in [2.45, 2.75) is 0 Å². The number of esters is 2. The summed E-state index contributed by atoms with van der Waals surface area (Å²) in [5, 5.41) is 9.44. The van der Waals surface area contributed by atoms with E-state index in [0.717, 1.165) is 0 Å². The SMILES string of the molecule is O=C(OC(=O)c1ccccc1O)c1ccccn1. The quantitative estimate of drug-likeness (QED) is 0.642. The van der Waals surface area contributed by atoms with Crippen molar-refractivity contribution in [3.63, 3.8) is 0 Å². The molecule has 0 bridgehead atoms. The van der Waals surface area contributed by atoms with Gasteiger partial charge in [-0.05, 0) is 24.3 Å². The van der Waals surface area contributed by atoms with Gasteiger partial charge in [-0.2, -0.15) is 0 Å². The molecule has 0 saturated carbocycles. The minimum Gasteiger partial charge on any atom is -0.507 e. The fraction of sp³-hybridized carbons (Fsp3) is 0. The van der Waals surface area contributed by atoms with E-state index in [9.17, 15) is 14.7 Å². The van der Waals surface area contributed by atoms with Gasteiger partial charge in [-0.3, -0.25) is 0 Å². The molecule has 0 fully saturated rings. The zero-order chi connectivity index (χ0) is 13.0. The van der Waals surface area contributed by atoms with E-state index in [0.29, 0.717) is 0 Å². The standard InChI is InChI=1S/C13H9NO4/c15-11-7-2-1-5-9(11)12(16)18-13(17)10-6-3-4-8-14-10/h1-8,15H. The minimum atomic E-state index is -0.913. The Kier molecular flexibility index (Phi) is 3.33. The monoisotopic (exact) mass is 243 g/mol. The number of carbonyl (C=O) groups is 2. The number of phenols is 1. The van der Waals surface area contributed by atoms with Crippen LogP contribution < -0.4 is 0 Å². The van der Waals surface area contributed by atoms with Gasteiger partial charge < -0.3 is 9.84 Å². The number of rotatable bonds is 2. The van der Waals surface area contributed by atoms with Crippen molar-refractivity contribution in [3.05, 3.63) is 59.9 Å². The van der Waals surface area contributed by atoms with Gasteiger partial charge in [0.05, 0.1) is 0 Å². The van der Waals surface area contributed by atoms with E-state index in [-0.39, 0.29) is 17.0 Å². The van der Waals surface area contributed by atoms with Crippen LogP contribution in [0.4, 0.5) is 0 Å². The molecule has 2 aromatic rings. The fourth-order valence-corrected chi connectivity index (χ4v) is 1.32. The summed E-state index contributed by atoms with van der Waals surface area (Å²) >= 11 is 0. The third-order valence-corrected chi connectivity index (χ3v) is 2.18. The molecule has 0 radical (unpaired) electrons. The number of aromatic hydroxyl groups is 1. The summed E-state index contributed by atoms with van der Waals surface area (Å²) in [7, 11) is 0. The van der Waals surface area contributed by atoms with E-state index in [4.69, 9.17) is 0 Å². The first-order valence-corrected chi connectivity index (χ1v) is 5.14. The van der Waals surface area contributed by atoms with E-state index in [2.05, 4.69) is 9.72 Å². The fourth-order valence-electron chi connectivity index (χ4n) is 1.32. The van der Waals surface area contributed by atoms with E-state index < -0.39 is 11.9 Å². The third kappa shape index (κ3) is 2.52. The molecule has 1 heterocycles. The normalized spacial score (nSPS) is 9.78. The lowest BCUT2D eigenvalue weighted by Gasteiger charge is -2.03. The molecule has 5 nitrogen and oxygen atoms in total. The highest BCUT2D eigenvalue weighted by atomic mass is 16.6. The topological polar surface area (TPSA) is 76.5 Å². The van der Waals surface area contributed by atoms with Gasteiger partial charge in [-0.1, -0.05) is 18.2 Å². The Hall–Kier alpha value is -2.69. The molecule has 0 aliphatic heterocycles.